The summed E-state index contributed by atoms with van der Waals surface area (Å²) in [5.74, 6) is -0.459. The highest BCUT2D eigenvalue weighted by Gasteiger charge is 2.30. The molecular formula is C19H19Cl2NO5S. The van der Waals surface area contributed by atoms with E-state index in [2.05, 4.69) is 0 Å². The molecule has 6 nitrogen and oxygen atoms in total. The fourth-order valence-corrected chi connectivity index (χ4v) is 4.95. The van der Waals surface area contributed by atoms with Gasteiger partial charge < -0.3 is 9.47 Å². The van der Waals surface area contributed by atoms with Gasteiger partial charge in [0.25, 0.3) is 0 Å². The highest BCUT2D eigenvalue weighted by molar-refractivity contribution is 7.89. The van der Waals surface area contributed by atoms with Gasteiger partial charge in [-0.15, -0.1) is 0 Å². The Morgan fingerprint density at radius 3 is 2.43 bits per heavy atom. The normalized spacial score (nSPS) is 14.8. The summed E-state index contributed by atoms with van der Waals surface area (Å²) in [6.45, 7) is 0.894. The van der Waals surface area contributed by atoms with Gasteiger partial charge in [-0.05, 0) is 48.7 Å². The molecule has 0 amide bonds. The van der Waals surface area contributed by atoms with Gasteiger partial charge in [-0.3, -0.25) is 0 Å². The van der Waals surface area contributed by atoms with Gasteiger partial charge in [0.05, 0.1) is 22.7 Å². The number of ether oxygens (including phenoxy) is 2. The molecule has 9 heteroatoms. The molecule has 28 heavy (non-hydrogen) atoms. The van der Waals surface area contributed by atoms with Gasteiger partial charge in [-0.25, -0.2) is 13.2 Å². The first-order valence-corrected chi connectivity index (χ1v) is 10.8. The lowest BCUT2D eigenvalue weighted by Crippen LogP contribution is -2.28. The second-order valence-electron chi connectivity index (χ2n) is 6.30. The van der Waals surface area contributed by atoms with Crippen molar-refractivity contribution in [1.29, 1.82) is 0 Å². The summed E-state index contributed by atoms with van der Waals surface area (Å²) in [7, 11) is -2.36. The van der Waals surface area contributed by atoms with Crippen LogP contribution >= 0.6 is 23.2 Å². The molecular weight excluding hydrogens is 425 g/mol. The van der Waals surface area contributed by atoms with Gasteiger partial charge in [-0.1, -0.05) is 29.3 Å². The number of nitrogens with zero attached hydrogens (tertiary/aromatic N) is 1. The van der Waals surface area contributed by atoms with Crippen molar-refractivity contribution in [3.63, 3.8) is 0 Å². The molecule has 1 aliphatic rings. The van der Waals surface area contributed by atoms with E-state index in [0.717, 1.165) is 12.8 Å². The minimum Gasteiger partial charge on any atom is -0.495 e. The van der Waals surface area contributed by atoms with Crippen LogP contribution in [0.2, 0.25) is 10.0 Å². The Morgan fingerprint density at radius 1 is 1.07 bits per heavy atom. The molecule has 1 heterocycles. The molecule has 2 aromatic rings. The molecule has 1 saturated heterocycles. The average molecular weight is 444 g/mol. The van der Waals surface area contributed by atoms with Crippen LogP contribution in [0.15, 0.2) is 41.3 Å². The Hall–Kier alpha value is -1.80. The van der Waals surface area contributed by atoms with Crippen LogP contribution < -0.4 is 4.74 Å². The molecule has 0 radical (unpaired) electrons. The number of hydrogen-bond donors (Lipinski definition) is 0. The van der Waals surface area contributed by atoms with E-state index in [9.17, 15) is 13.2 Å². The zero-order valence-corrected chi connectivity index (χ0v) is 17.5. The Bertz CT molecular complexity index is 988. The van der Waals surface area contributed by atoms with Crippen LogP contribution in [0, 0.1) is 0 Å². The number of carbonyl (C=O) groups excluding carboxylic acids is 1. The maximum absolute atomic E-state index is 12.9. The third-order valence-electron chi connectivity index (χ3n) is 4.44. The lowest BCUT2D eigenvalue weighted by molar-refractivity contribution is 0.0472. The van der Waals surface area contributed by atoms with E-state index in [0.29, 0.717) is 28.7 Å². The van der Waals surface area contributed by atoms with Gasteiger partial charge in [0, 0.05) is 13.1 Å². The van der Waals surface area contributed by atoms with Crippen LogP contribution in [-0.4, -0.2) is 38.9 Å². The second kappa shape index (κ2) is 8.69. The first kappa shape index (κ1) is 20.9. The van der Waals surface area contributed by atoms with Crippen molar-refractivity contribution < 1.29 is 22.7 Å². The standard InChI is InChI=1S/C19H19Cl2NO5S/c1-26-17-7-5-14(11-18(17)28(24,25)22-8-2-3-9-22)19(23)27-12-13-4-6-15(20)16(21)10-13/h4-7,10-11H,2-3,8-9,12H2,1H3. The van der Waals surface area contributed by atoms with Gasteiger partial charge in [-0.2, -0.15) is 4.31 Å². The summed E-state index contributed by atoms with van der Waals surface area (Å²) in [4.78, 5) is 12.4. The summed E-state index contributed by atoms with van der Waals surface area (Å²) in [5, 5.41) is 0.766. The van der Waals surface area contributed by atoms with Crippen LogP contribution in [0.25, 0.3) is 0 Å². The van der Waals surface area contributed by atoms with E-state index >= 15 is 0 Å². The van der Waals surface area contributed by atoms with Crippen molar-refractivity contribution in [3.05, 3.63) is 57.6 Å². The predicted molar refractivity (Wildman–Crippen MR) is 107 cm³/mol. The Morgan fingerprint density at radius 2 is 1.79 bits per heavy atom. The second-order valence-corrected chi connectivity index (χ2v) is 9.02. The smallest absolute Gasteiger partial charge is 0.338 e. The molecule has 3 rings (SSSR count). The maximum atomic E-state index is 12.9. The SMILES string of the molecule is COc1ccc(C(=O)OCc2ccc(Cl)c(Cl)c2)cc1S(=O)(=O)N1CCCC1. The highest BCUT2D eigenvalue weighted by atomic mass is 35.5. The number of rotatable bonds is 6. The van der Waals surface area contributed by atoms with E-state index in [-0.39, 0.29) is 22.8 Å². The molecule has 2 aromatic carbocycles. The molecule has 1 fully saturated rings. The predicted octanol–water partition coefficient (Wildman–Crippen LogP) is 4.14. The molecule has 0 N–H and O–H groups in total. The van der Waals surface area contributed by atoms with E-state index in [1.165, 1.54) is 29.6 Å². The van der Waals surface area contributed by atoms with Gasteiger partial charge in [0.15, 0.2) is 0 Å². The van der Waals surface area contributed by atoms with Crippen molar-refractivity contribution in [2.75, 3.05) is 20.2 Å². The Kier molecular flexibility index (Phi) is 6.50. The molecule has 0 spiro atoms. The molecule has 0 bridgehead atoms. The molecule has 0 aromatic heterocycles. The van der Waals surface area contributed by atoms with Crippen LogP contribution in [0.1, 0.15) is 28.8 Å². The third-order valence-corrected chi connectivity index (χ3v) is 7.09. The maximum Gasteiger partial charge on any atom is 0.338 e. The molecule has 0 unspecified atom stereocenters. The van der Waals surface area contributed by atoms with Crippen molar-refractivity contribution in [3.8, 4) is 5.75 Å². The van der Waals surface area contributed by atoms with E-state index in [4.69, 9.17) is 32.7 Å². The summed E-state index contributed by atoms with van der Waals surface area (Å²) in [5.41, 5.74) is 0.791. The van der Waals surface area contributed by atoms with E-state index < -0.39 is 16.0 Å². The van der Waals surface area contributed by atoms with Gasteiger partial charge >= 0.3 is 5.97 Å². The minimum absolute atomic E-state index is 0.0179. The first-order chi connectivity index (χ1) is 13.3. The molecule has 0 atom stereocenters. The zero-order valence-electron chi connectivity index (χ0n) is 15.2. The average Bonchev–Trinajstić information content (AvgIpc) is 3.24. The monoisotopic (exact) mass is 443 g/mol. The number of sulfonamides is 1. The first-order valence-electron chi connectivity index (χ1n) is 8.62. The molecule has 0 saturated carbocycles. The van der Waals surface area contributed by atoms with Crippen molar-refractivity contribution in [1.82, 2.24) is 4.31 Å². The number of esters is 1. The Balaban J connectivity index is 1.81. The molecule has 0 aliphatic carbocycles. The fraction of sp³-hybridized carbons (Fsp3) is 0.316. The van der Waals surface area contributed by atoms with Crippen molar-refractivity contribution >= 4 is 39.2 Å². The summed E-state index contributed by atoms with van der Waals surface area (Å²) in [6.07, 6.45) is 1.62. The number of halogens is 2. The van der Waals surface area contributed by atoms with Crippen molar-refractivity contribution in [2.24, 2.45) is 0 Å². The van der Waals surface area contributed by atoms with E-state index in [1.54, 1.807) is 18.2 Å². The van der Waals surface area contributed by atoms with Crippen LogP contribution in [0.3, 0.4) is 0 Å². The van der Waals surface area contributed by atoms with Crippen LogP contribution in [0.4, 0.5) is 0 Å². The minimum atomic E-state index is -3.75. The lowest BCUT2D eigenvalue weighted by Gasteiger charge is -2.18. The Labute approximate surface area is 174 Å². The molecule has 1 aliphatic heterocycles. The van der Waals surface area contributed by atoms with Crippen LogP contribution in [-0.2, 0) is 21.4 Å². The lowest BCUT2D eigenvalue weighted by atomic mass is 10.2. The largest absolute Gasteiger partial charge is 0.495 e. The van der Waals surface area contributed by atoms with E-state index in [1.807, 2.05) is 0 Å². The summed E-state index contributed by atoms with van der Waals surface area (Å²) in [6, 6.07) is 9.13. The number of methoxy groups -OCH3 is 1. The third kappa shape index (κ3) is 4.43. The fourth-order valence-electron chi connectivity index (χ4n) is 2.93. The molecule has 150 valence electrons. The number of hydrogen-bond acceptors (Lipinski definition) is 5. The highest BCUT2D eigenvalue weighted by Crippen LogP contribution is 2.30. The zero-order chi connectivity index (χ0) is 20.3. The quantitative estimate of drug-likeness (QED) is 0.627. The van der Waals surface area contributed by atoms with Crippen molar-refractivity contribution in [2.45, 2.75) is 24.3 Å². The van der Waals surface area contributed by atoms with Crippen LogP contribution in [0.5, 0.6) is 5.75 Å². The number of carbonyl (C=O) groups is 1. The summed E-state index contributed by atoms with van der Waals surface area (Å²) >= 11 is 11.8. The van der Waals surface area contributed by atoms with Gasteiger partial charge in [0.1, 0.15) is 17.3 Å². The summed E-state index contributed by atoms with van der Waals surface area (Å²) < 4.78 is 37.7. The van der Waals surface area contributed by atoms with Gasteiger partial charge in [0.2, 0.25) is 10.0 Å². The topological polar surface area (TPSA) is 72.9 Å². The number of benzene rings is 2.